The van der Waals surface area contributed by atoms with Crippen molar-refractivity contribution in [2.24, 2.45) is 0 Å². The summed E-state index contributed by atoms with van der Waals surface area (Å²) in [7, 11) is 0. The Morgan fingerprint density at radius 1 is 0.816 bits per heavy atom. The van der Waals surface area contributed by atoms with E-state index in [2.05, 4.69) is 46.2 Å². The third-order valence-corrected chi connectivity index (χ3v) is 7.42. The number of para-hydroxylation sites is 1. The molecule has 4 aromatic rings. The number of benzene rings is 4. The number of piperazine rings is 1. The van der Waals surface area contributed by atoms with Crippen molar-refractivity contribution in [1.29, 1.82) is 0 Å². The van der Waals surface area contributed by atoms with Crippen LogP contribution in [0.25, 0.3) is 11.1 Å². The lowest BCUT2D eigenvalue weighted by molar-refractivity contribution is 0.0694. The minimum Gasteiger partial charge on any atom is -0.478 e. The average Bonchev–Trinajstić information content (AvgIpc) is 2.94. The number of carbonyl (C=O) groups is 1. The molecule has 5 rings (SSSR count). The van der Waals surface area contributed by atoms with E-state index in [9.17, 15) is 9.90 Å². The van der Waals surface area contributed by atoms with Gasteiger partial charge in [-0.15, -0.1) is 0 Å². The maximum Gasteiger partial charge on any atom is 0.339 e. The molecule has 4 aromatic carbocycles. The molecule has 1 saturated heterocycles. The van der Waals surface area contributed by atoms with Crippen molar-refractivity contribution >= 4 is 34.9 Å². The Morgan fingerprint density at radius 2 is 1.53 bits per heavy atom. The molecule has 0 aromatic heterocycles. The van der Waals surface area contributed by atoms with E-state index >= 15 is 0 Å². The second-order valence-corrected chi connectivity index (χ2v) is 10.1. The van der Waals surface area contributed by atoms with Crippen molar-refractivity contribution in [1.82, 2.24) is 4.90 Å². The highest BCUT2D eigenvalue weighted by Gasteiger charge is 2.21. The Bertz CT molecular complexity index is 1420. The maximum atomic E-state index is 11.8. The summed E-state index contributed by atoms with van der Waals surface area (Å²) in [6, 6.07) is 28.8. The molecule has 7 heteroatoms. The molecule has 0 radical (unpaired) electrons. The topological polar surface area (TPSA) is 53.0 Å². The van der Waals surface area contributed by atoms with Crippen molar-refractivity contribution in [3.63, 3.8) is 0 Å². The fourth-order valence-corrected chi connectivity index (χ4v) is 5.07. The summed E-state index contributed by atoms with van der Waals surface area (Å²) in [5, 5.41) is 10.8. The predicted octanol–water partition coefficient (Wildman–Crippen LogP) is 7.52. The van der Waals surface area contributed by atoms with Crippen LogP contribution in [0.5, 0.6) is 11.5 Å². The van der Waals surface area contributed by atoms with E-state index in [0.29, 0.717) is 10.8 Å². The van der Waals surface area contributed by atoms with Crippen LogP contribution in [0.1, 0.15) is 15.9 Å². The number of aromatic carboxylic acids is 1. The van der Waals surface area contributed by atoms with Crippen LogP contribution in [0.4, 0.5) is 5.69 Å². The fourth-order valence-electron chi connectivity index (χ4n) is 4.77. The summed E-state index contributed by atoms with van der Waals surface area (Å²) < 4.78 is 5.94. The van der Waals surface area contributed by atoms with Crippen LogP contribution < -0.4 is 9.64 Å². The quantitative estimate of drug-likeness (QED) is 0.247. The highest BCUT2D eigenvalue weighted by Crippen LogP contribution is 2.34. The van der Waals surface area contributed by atoms with Crippen molar-refractivity contribution in [2.45, 2.75) is 6.42 Å². The Hall–Kier alpha value is -3.51. The lowest BCUT2D eigenvalue weighted by Gasteiger charge is -2.36. The minimum atomic E-state index is -1.04. The Labute approximate surface area is 232 Å². The number of ether oxygens (including phenoxy) is 1. The van der Waals surface area contributed by atoms with E-state index in [1.54, 1.807) is 36.4 Å². The van der Waals surface area contributed by atoms with E-state index in [-0.39, 0.29) is 11.3 Å². The molecule has 0 bridgehead atoms. The number of carboxylic acids is 1. The second-order valence-electron chi connectivity index (χ2n) is 9.26. The molecular weight excluding hydrogens is 519 g/mol. The number of hydrogen-bond acceptors (Lipinski definition) is 4. The first kappa shape index (κ1) is 26.1. The van der Waals surface area contributed by atoms with Gasteiger partial charge >= 0.3 is 5.97 Å². The molecule has 1 aliphatic heterocycles. The van der Waals surface area contributed by atoms with Crippen molar-refractivity contribution in [2.75, 3.05) is 37.6 Å². The predicted molar refractivity (Wildman–Crippen MR) is 154 cm³/mol. The van der Waals surface area contributed by atoms with E-state index in [4.69, 9.17) is 27.9 Å². The van der Waals surface area contributed by atoms with Gasteiger partial charge in [0.1, 0.15) is 17.1 Å². The first-order valence-corrected chi connectivity index (χ1v) is 13.3. The summed E-state index contributed by atoms with van der Waals surface area (Å²) in [5.41, 5.74) is 4.78. The molecular formula is C31H28Cl2N2O3. The molecule has 0 amide bonds. The number of hydrogen-bond donors (Lipinski definition) is 1. The molecule has 0 atom stereocenters. The van der Waals surface area contributed by atoms with Gasteiger partial charge in [0.15, 0.2) is 0 Å². The highest BCUT2D eigenvalue weighted by atomic mass is 35.5. The normalized spacial score (nSPS) is 13.9. The van der Waals surface area contributed by atoms with Crippen molar-refractivity contribution in [3.05, 3.63) is 112 Å². The zero-order chi connectivity index (χ0) is 26.5. The van der Waals surface area contributed by atoms with Gasteiger partial charge in [0.25, 0.3) is 0 Å². The van der Waals surface area contributed by atoms with Crippen LogP contribution in [0.3, 0.4) is 0 Å². The fraction of sp³-hybridized carbons (Fsp3) is 0.194. The number of carboxylic acid groups (broad SMARTS) is 1. The van der Waals surface area contributed by atoms with Gasteiger partial charge in [0.05, 0.1) is 5.02 Å². The van der Waals surface area contributed by atoms with Crippen LogP contribution >= 0.6 is 23.2 Å². The van der Waals surface area contributed by atoms with Gasteiger partial charge in [0.2, 0.25) is 0 Å². The summed E-state index contributed by atoms with van der Waals surface area (Å²) >= 11 is 12.3. The largest absolute Gasteiger partial charge is 0.478 e. The number of anilines is 1. The number of halogens is 2. The van der Waals surface area contributed by atoms with E-state index < -0.39 is 5.97 Å². The lowest BCUT2D eigenvalue weighted by Crippen LogP contribution is -2.47. The molecule has 1 N–H and O–H groups in total. The lowest BCUT2D eigenvalue weighted by atomic mass is 9.97. The Balaban J connectivity index is 1.23. The van der Waals surface area contributed by atoms with Gasteiger partial charge in [-0.3, -0.25) is 4.90 Å². The Kier molecular flexibility index (Phi) is 8.18. The maximum absolute atomic E-state index is 11.8. The second kappa shape index (κ2) is 11.9. The van der Waals surface area contributed by atoms with Gasteiger partial charge in [0, 0.05) is 49.5 Å². The van der Waals surface area contributed by atoms with Crippen LogP contribution in [0.15, 0.2) is 91.0 Å². The van der Waals surface area contributed by atoms with Gasteiger partial charge in [-0.25, -0.2) is 4.79 Å². The van der Waals surface area contributed by atoms with Crippen LogP contribution in [0.2, 0.25) is 10.0 Å². The van der Waals surface area contributed by atoms with Crippen molar-refractivity contribution in [3.8, 4) is 22.6 Å². The highest BCUT2D eigenvalue weighted by molar-refractivity contribution is 6.32. The van der Waals surface area contributed by atoms with E-state index in [0.717, 1.165) is 49.9 Å². The minimum absolute atomic E-state index is 0.103. The van der Waals surface area contributed by atoms with Crippen molar-refractivity contribution < 1.29 is 14.6 Å². The molecule has 0 unspecified atom stereocenters. The SMILES string of the molecule is O=C(O)c1ccc(N2CCN(CCc3ccccc3-c3ccc(Cl)cc3)CC2)cc1Oc1ccccc1Cl. The van der Waals surface area contributed by atoms with Gasteiger partial charge < -0.3 is 14.7 Å². The van der Waals surface area contributed by atoms with Gasteiger partial charge in [-0.05, 0) is 59.5 Å². The van der Waals surface area contributed by atoms with Gasteiger partial charge in [-0.2, -0.15) is 0 Å². The van der Waals surface area contributed by atoms with Crippen LogP contribution in [-0.4, -0.2) is 48.7 Å². The summed E-state index contributed by atoms with van der Waals surface area (Å²) in [4.78, 5) is 16.5. The zero-order valence-electron chi connectivity index (χ0n) is 20.8. The average molecular weight is 547 g/mol. The third-order valence-electron chi connectivity index (χ3n) is 6.86. The molecule has 0 spiro atoms. The van der Waals surface area contributed by atoms with Gasteiger partial charge in [-0.1, -0.05) is 71.7 Å². The Morgan fingerprint density at radius 3 is 2.26 bits per heavy atom. The third kappa shape index (κ3) is 6.13. The molecule has 194 valence electrons. The standard InChI is InChI=1S/C31H28Cl2N2O3/c32-24-11-9-23(10-12-24)26-6-2-1-5-22(26)15-16-34-17-19-35(20-18-34)25-13-14-27(31(36)37)30(21-25)38-29-8-4-3-7-28(29)33/h1-14,21H,15-20H2,(H,36,37). The molecule has 0 saturated carbocycles. The number of rotatable bonds is 8. The first-order valence-electron chi connectivity index (χ1n) is 12.6. The van der Waals surface area contributed by atoms with E-state index in [1.165, 1.54) is 16.7 Å². The molecule has 0 aliphatic carbocycles. The van der Waals surface area contributed by atoms with Crippen LogP contribution in [-0.2, 0) is 6.42 Å². The number of nitrogens with zero attached hydrogens (tertiary/aromatic N) is 2. The summed E-state index contributed by atoms with van der Waals surface area (Å²) in [6.07, 6.45) is 0.960. The molecule has 5 nitrogen and oxygen atoms in total. The molecule has 1 fully saturated rings. The molecule has 1 aliphatic rings. The molecule has 38 heavy (non-hydrogen) atoms. The summed E-state index contributed by atoms with van der Waals surface area (Å²) in [5.74, 6) is -0.329. The zero-order valence-corrected chi connectivity index (χ0v) is 22.3. The molecule has 1 heterocycles. The van der Waals surface area contributed by atoms with E-state index in [1.807, 2.05) is 18.2 Å². The summed E-state index contributed by atoms with van der Waals surface area (Å²) in [6.45, 7) is 4.50. The van der Waals surface area contributed by atoms with Crippen LogP contribution in [0, 0.1) is 0 Å². The monoisotopic (exact) mass is 546 g/mol. The first-order chi connectivity index (χ1) is 18.5. The smallest absolute Gasteiger partial charge is 0.339 e.